The van der Waals surface area contributed by atoms with Crippen molar-refractivity contribution in [3.05, 3.63) is 0 Å². The van der Waals surface area contributed by atoms with Gasteiger partial charge in [-0.2, -0.15) is 11.8 Å². The predicted molar refractivity (Wildman–Crippen MR) is 78.7 cm³/mol. The Labute approximate surface area is 112 Å². The highest BCUT2D eigenvalue weighted by Crippen LogP contribution is 2.30. The molecule has 1 N–H and O–H groups in total. The van der Waals surface area contributed by atoms with Gasteiger partial charge in [0.15, 0.2) is 0 Å². The van der Waals surface area contributed by atoms with Crippen molar-refractivity contribution < 1.29 is 0 Å². The molecule has 0 amide bonds. The quantitative estimate of drug-likeness (QED) is 0.807. The first-order chi connectivity index (χ1) is 8.31. The van der Waals surface area contributed by atoms with E-state index in [1.807, 2.05) is 0 Å². The zero-order valence-electron chi connectivity index (χ0n) is 11.6. The summed E-state index contributed by atoms with van der Waals surface area (Å²) in [6, 6.07) is 1.53. The van der Waals surface area contributed by atoms with Gasteiger partial charge >= 0.3 is 0 Å². The summed E-state index contributed by atoms with van der Waals surface area (Å²) in [6.45, 7) is 2.43. The first-order valence-electron chi connectivity index (χ1n) is 7.60. The fourth-order valence-corrected chi connectivity index (χ4v) is 4.62. The van der Waals surface area contributed by atoms with Gasteiger partial charge in [0.1, 0.15) is 0 Å². The molecule has 0 aromatic carbocycles. The highest BCUT2D eigenvalue weighted by atomic mass is 32.2. The normalized spacial score (nSPS) is 33.5. The van der Waals surface area contributed by atoms with Crippen LogP contribution in [0.15, 0.2) is 0 Å². The second kappa shape index (κ2) is 7.04. The maximum atomic E-state index is 3.97. The van der Waals surface area contributed by atoms with Crippen LogP contribution < -0.4 is 5.32 Å². The standard InChI is InChI=1S/C15H29NS/c1-12(13-8-4-3-5-9-13)16-14-10-6-7-11-15(14)17-2/h12-16H,3-11H2,1-2H3. The number of nitrogens with one attached hydrogen (secondary N) is 1. The lowest BCUT2D eigenvalue weighted by atomic mass is 9.83. The van der Waals surface area contributed by atoms with Crippen LogP contribution in [0.1, 0.15) is 64.7 Å². The molecule has 0 aliphatic heterocycles. The number of rotatable bonds is 4. The van der Waals surface area contributed by atoms with Gasteiger partial charge in [-0.3, -0.25) is 0 Å². The molecule has 2 rings (SSSR count). The van der Waals surface area contributed by atoms with E-state index in [1.165, 1.54) is 57.8 Å². The van der Waals surface area contributed by atoms with Crippen molar-refractivity contribution in [3.8, 4) is 0 Å². The van der Waals surface area contributed by atoms with Crippen molar-refractivity contribution in [1.29, 1.82) is 0 Å². The van der Waals surface area contributed by atoms with Crippen molar-refractivity contribution in [2.75, 3.05) is 6.26 Å². The molecule has 0 radical (unpaired) electrons. The van der Waals surface area contributed by atoms with Gasteiger partial charge in [0.25, 0.3) is 0 Å². The Morgan fingerprint density at radius 1 is 0.941 bits per heavy atom. The van der Waals surface area contributed by atoms with Crippen LogP contribution in [0.3, 0.4) is 0 Å². The average Bonchev–Trinajstić information content (AvgIpc) is 2.40. The number of thioether (sulfide) groups is 1. The van der Waals surface area contributed by atoms with Crippen molar-refractivity contribution >= 4 is 11.8 Å². The molecular weight excluding hydrogens is 226 g/mol. The fourth-order valence-electron chi connectivity index (χ4n) is 3.68. The van der Waals surface area contributed by atoms with Gasteiger partial charge in [-0.1, -0.05) is 32.1 Å². The lowest BCUT2D eigenvalue weighted by Crippen LogP contribution is -2.47. The molecule has 100 valence electrons. The van der Waals surface area contributed by atoms with E-state index in [0.717, 1.165) is 23.3 Å². The first kappa shape index (κ1) is 13.7. The van der Waals surface area contributed by atoms with E-state index < -0.39 is 0 Å². The summed E-state index contributed by atoms with van der Waals surface area (Å²) in [5.74, 6) is 0.952. The molecule has 2 saturated carbocycles. The predicted octanol–water partition coefficient (Wildman–Crippen LogP) is 4.22. The molecule has 17 heavy (non-hydrogen) atoms. The molecule has 2 fully saturated rings. The minimum Gasteiger partial charge on any atom is -0.310 e. The zero-order chi connectivity index (χ0) is 12.1. The summed E-state index contributed by atoms with van der Waals surface area (Å²) < 4.78 is 0. The van der Waals surface area contributed by atoms with Crippen molar-refractivity contribution in [2.45, 2.75) is 82.0 Å². The molecule has 0 saturated heterocycles. The van der Waals surface area contributed by atoms with Crippen LogP contribution in [-0.4, -0.2) is 23.6 Å². The minimum absolute atomic E-state index is 0.744. The molecule has 3 unspecified atom stereocenters. The second-order valence-corrected chi connectivity index (χ2v) is 7.10. The van der Waals surface area contributed by atoms with E-state index in [-0.39, 0.29) is 0 Å². The minimum atomic E-state index is 0.744. The fraction of sp³-hybridized carbons (Fsp3) is 1.00. The molecule has 2 aliphatic carbocycles. The molecule has 0 spiro atoms. The molecular formula is C15H29NS. The number of hydrogen-bond donors (Lipinski definition) is 1. The third-order valence-electron chi connectivity index (χ3n) is 4.84. The van der Waals surface area contributed by atoms with E-state index in [4.69, 9.17) is 0 Å². The summed E-state index contributed by atoms with van der Waals surface area (Å²) in [7, 11) is 0. The molecule has 3 atom stereocenters. The first-order valence-corrected chi connectivity index (χ1v) is 8.89. The van der Waals surface area contributed by atoms with Gasteiger partial charge < -0.3 is 5.32 Å². The Morgan fingerprint density at radius 2 is 1.59 bits per heavy atom. The molecule has 0 aromatic heterocycles. The number of hydrogen-bond acceptors (Lipinski definition) is 2. The third kappa shape index (κ3) is 3.89. The van der Waals surface area contributed by atoms with E-state index >= 15 is 0 Å². The topological polar surface area (TPSA) is 12.0 Å². The Balaban J connectivity index is 1.81. The summed E-state index contributed by atoms with van der Waals surface area (Å²) in [5.41, 5.74) is 0. The lowest BCUT2D eigenvalue weighted by molar-refractivity contribution is 0.246. The average molecular weight is 255 g/mol. The third-order valence-corrected chi connectivity index (χ3v) is 6.01. The van der Waals surface area contributed by atoms with Crippen molar-refractivity contribution in [1.82, 2.24) is 5.32 Å². The Kier molecular flexibility index (Phi) is 5.68. The van der Waals surface area contributed by atoms with Crippen LogP contribution in [-0.2, 0) is 0 Å². The maximum absolute atomic E-state index is 3.97. The summed E-state index contributed by atoms with van der Waals surface area (Å²) in [6.07, 6.45) is 15.3. The van der Waals surface area contributed by atoms with Crippen LogP contribution in [0.25, 0.3) is 0 Å². The van der Waals surface area contributed by atoms with Crippen LogP contribution in [0.4, 0.5) is 0 Å². The SMILES string of the molecule is CSC1CCCCC1NC(C)C1CCCCC1. The lowest BCUT2D eigenvalue weighted by Gasteiger charge is -2.37. The van der Waals surface area contributed by atoms with Crippen molar-refractivity contribution in [3.63, 3.8) is 0 Å². The molecule has 0 heterocycles. The van der Waals surface area contributed by atoms with Gasteiger partial charge in [0, 0.05) is 17.3 Å². The molecule has 0 aromatic rings. The van der Waals surface area contributed by atoms with Gasteiger partial charge in [-0.05, 0) is 44.8 Å². The summed E-state index contributed by atoms with van der Waals surface area (Å²) in [5, 5.41) is 4.84. The largest absolute Gasteiger partial charge is 0.310 e. The van der Waals surface area contributed by atoms with Crippen LogP contribution >= 0.6 is 11.8 Å². The molecule has 1 nitrogen and oxygen atoms in total. The Hall–Kier alpha value is 0.310. The smallest absolute Gasteiger partial charge is 0.0198 e. The molecule has 0 bridgehead atoms. The highest BCUT2D eigenvalue weighted by Gasteiger charge is 2.28. The van der Waals surface area contributed by atoms with Gasteiger partial charge in [-0.15, -0.1) is 0 Å². The Bertz CT molecular complexity index is 213. The second-order valence-electron chi connectivity index (χ2n) is 6.02. The molecule has 2 aliphatic rings. The van der Waals surface area contributed by atoms with Gasteiger partial charge in [-0.25, -0.2) is 0 Å². The maximum Gasteiger partial charge on any atom is 0.0198 e. The summed E-state index contributed by atoms with van der Waals surface area (Å²) >= 11 is 2.08. The van der Waals surface area contributed by atoms with E-state index in [0.29, 0.717) is 0 Å². The van der Waals surface area contributed by atoms with Crippen LogP contribution in [0.2, 0.25) is 0 Å². The van der Waals surface area contributed by atoms with E-state index in [2.05, 4.69) is 30.3 Å². The van der Waals surface area contributed by atoms with E-state index in [1.54, 1.807) is 0 Å². The Morgan fingerprint density at radius 3 is 2.29 bits per heavy atom. The van der Waals surface area contributed by atoms with Crippen LogP contribution in [0, 0.1) is 5.92 Å². The van der Waals surface area contributed by atoms with E-state index in [9.17, 15) is 0 Å². The van der Waals surface area contributed by atoms with Crippen LogP contribution in [0.5, 0.6) is 0 Å². The highest BCUT2D eigenvalue weighted by molar-refractivity contribution is 7.99. The summed E-state index contributed by atoms with van der Waals surface area (Å²) in [4.78, 5) is 0. The monoisotopic (exact) mass is 255 g/mol. The zero-order valence-corrected chi connectivity index (χ0v) is 12.4. The van der Waals surface area contributed by atoms with Gasteiger partial charge in [0.05, 0.1) is 0 Å². The van der Waals surface area contributed by atoms with Gasteiger partial charge in [0.2, 0.25) is 0 Å². The van der Waals surface area contributed by atoms with Crippen molar-refractivity contribution in [2.24, 2.45) is 5.92 Å². The molecule has 2 heteroatoms.